The molecule has 3 heteroatoms. The molecule has 3 aromatic heterocycles. The van der Waals surface area contributed by atoms with Gasteiger partial charge in [-0.2, -0.15) is 9.13 Å². The van der Waals surface area contributed by atoms with Gasteiger partial charge in [0, 0.05) is 46.7 Å². The minimum absolute atomic E-state index is 0.141. The minimum Gasteiger partial charge on any atom is -0.460 e. The molecule has 36 heavy (non-hydrogen) atoms. The molecule has 0 radical (unpaired) electrons. The fraction of sp³-hybridized carbons (Fsp3) is 0.273. The standard InChI is InChI=1S/C33H28N2O/c1-19-17-27-29-25(15-14-24-22-10-5-6-13-28(22)36-31(24)29)33(35(27)18-20(19)2)30-23-11-4-3-9-21(23)26-12-7-8-16-34(26)32(30)33/h3-4,7-9,11-12,14-18,30,32H,5-6,10,13H2,1-2H3/q+2. The number of hydrogen-bond acceptors (Lipinski definition) is 1. The van der Waals surface area contributed by atoms with Crippen molar-refractivity contribution in [3.63, 3.8) is 0 Å². The van der Waals surface area contributed by atoms with Crippen LogP contribution in [0.5, 0.6) is 0 Å². The number of aryl methyl sites for hydroxylation is 4. The van der Waals surface area contributed by atoms with Crippen LogP contribution in [0.25, 0.3) is 33.5 Å². The van der Waals surface area contributed by atoms with Crippen LogP contribution in [0.4, 0.5) is 0 Å². The summed E-state index contributed by atoms with van der Waals surface area (Å²) in [6, 6.07) is 23.3. The summed E-state index contributed by atoms with van der Waals surface area (Å²) in [5, 5.41) is 1.34. The molecule has 3 unspecified atom stereocenters. The van der Waals surface area contributed by atoms with E-state index in [9.17, 15) is 0 Å². The number of benzene rings is 2. The number of rotatable bonds is 0. The molecular formula is C33H28N2O+2. The monoisotopic (exact) mass is 468 g/mol. The highest BCUT2D eigenvalue weighted by atomic mass is 16.3. The van der Waals surface area contributed by atoms with Crippen LogP contribution in [-0.4, -0.2) is 0 Å². The van der Waals surface area contributed by atoms with Crippen molar-refractivity contribution in [2.45, 2.75) is 57.0 Å². The zero-order valence-corrected chi connectivity index (χ0v) is 20.7. The quantitative estimate of drug-likeness (QED) is 0.246. The first-order chi connectivity index (χ1) is 17.7. The van der Waals surface area contributed by atoms with Crippen molar-refractivity contribution in [1.82, 2.24) is 0 Å². The third-order valence-electron chi connectivity index (χ3n) is 9.66. The maximum Gasteiger partial charge on any atom is 0.269 e. The Balaban J connectivity index is 1.42. The summed E-state index contributed by atoms with van der Waals surface area (Å²) >= 11 is 0. The van der Waals surface area contributed by atoms with Crippen molar-refractivity contribution in [3.05, 3.63) is 107 Å². The molecule has 5 aromatic rings. The van der Waals surface area contributed by atoms with Crippen molar-refractivity contribution in [1.29, 1.82) is 0 Å². The van der Waals surface area contributed by atoms with E-state index in [4.69, 9.17) is 4.42 Å². The van der Waals surface area contributed by atoms with Gasteiger partial charge in [0.15, 0.2) is 12.4 Å². The molecule has 0 bridgehead atoms. The van der Waals surface area contributed by atoms with E-state index in [1.165, 1.54) is 74.3 Å². The zero-order valence-electron chi connectivity index (χ0n) is 20.7. The molecular weight excluding hydrogens is 440 g/mol. The highest BCUT2D eigenvalue weighted by Gasteiger charge is 2.86. The van der Waals surface area contributed by atoms with Gasteiger partial charge in [0.1, 0.15) is 17.3 Å². The minimum atomic E-state index is -0.141. The summed E-state index contributed by atoms with van der Waals surface area (Å²) in [6.07, 6.45) is 9.42. The lowest BCUT2D eigenvalue weighted by molar-refractivity contribution is -0.772. The lowest BCUT2D eigenvalue weighted by Crippen LogP contribution is -2.51. The molecule has 2 aliphatic carbocycles. The maximum absolute atomic E-state index is 6.75. The van der Waals surface area contributed by atoms with Crippen LogP contribution in [0.3, 0.4) is 0 Å². The van der Waals surface area contributed by atoms with Crippen molar-refractivity contribution in [2.75, 3.05) is 0 Å². The molecule has 1 spiro atoms. The summed E-state index contributed by atoms with van der Waals surface area (Å²) in [5.74, 6) is 1.61. The first-order valence-electron chi connectivity index (χ1n) is 13.4. The molecule has 0 saturated heterocycles. The second kappa shape index (κ2) is 6.34. The molecule has 0 N–H and O–H groups in total. The normalized spacial score (nSPS) is 24.1. The molecule has 2 aromatic carbocycles. The fourth-order valence-corrected chi connectivity index (χ4v) is 7.98. The largest absolute Gasteiger partial charge is 0.460 e. The lowest BCUT2D eigenvalue weighted by atomic mass is 9.91. The van der Waals surface area contributed by atoms with E-state index in [1.54, 1.807) is 0 Å². The highest BCUT2D eigenvalue weighted by Crippen LogP contribution is 2.71. The summed E-state index contributed by atoms with van der Waals surface area (Å²) in [6.45, 7) is 4.50. The molecule has 5 heterocycles. The second-order valence-electron chi connectivity index (χ2n) is 11.3. The third-order valence-corrected chi connectivity index (χ3v) is 9.66. The molecule has 174 valence electrons. The van der Waals surface area contributed by atoms with Crippen LogP contribution in [-0.2, 0) is 18.4 Å². The van der Waals surface area contributed by atoms with Gasteiger partial charge in [-0.05, 0) is 56.4 Å². The van der Waals surface area contributed by atoms with Crippen molar-refractivity contribution in [2.24, 2.45) is 0 Å². The molecule has 1 saturated carbocycles. The number of pyridine rings is 2. The Labute approximate surface area is 210 Å². The van der Waals surface area contributed by atoms with E-state index in [2.05, 4.69) is 96.0 Å². The van der Waals surface area contributed by atoms with Crippen LogP contribution in [0.15, 0.2) is 77.5 Å². The molecule has 4 aliphatic rings. The van der Waals surface area contributed by atoms with Gasteiger partial charge in [-0.25, -0.2) is 0 Å². The molecule has 9 rings (SSSR count). The Morgan fingerprint density at radius 2 is 1.75 bits per heavy atom. The summed E-state index contributed by atoms with van der Waals surface area (Å²) in [5.41, 5.74) is 13.3. The summed E-state index contributed by atoms with van der Waals surface area (Å²) in [4.78, 5) is 0. The average Bonchev–Trinajstić information content (AvgIpc) is 3.36. The van der Waals surface area contributed by atoms with Gasteiger partial charge in [-0.1, -0.05) is 30.3 Å². The van der Waals surface area contributed by atoms with Crippen LogP contribution in [0.2, 0.25) is 0 Å². The molecule has 1 fully saturated rings. The Morgan fingerprint density at radius 3 is 2.69 bits per heavy atom. The van der Waals surface area contributed by atoms with Crippen molar-refractivity contribution < 1.29 is 13.6 Å². The maximum atomic E-state index is 6.75. The van der Waals surface area contributed by atoms with Gasteiger partial charge in [-0.15, -0.1) is 0 Å². The van der Waals surface area contributed by atoms with Gasteiger partial charge in [0.2, 0.25) is 17.4 Å². The summed E-state index contributed by atoms with van der Waals surface area (Å²) in [7, 11) is 0. The molecule has 3 nitrogen and oxygen atoms in total. The number of hydrogen-bond donors (Lipinski definition) is 0. The van der Waals surface area contributed by atoms with Crippen molar-refractivity contribution in [3.8, 4) is 22.5 Å². The van der Waals surface area contributed by atoms with E-state index in [-0.39, 0.29) is 5.54 Å². The first kappa shape index (κ1) is 19.5. The Hall–Kier alpha value is -3.72. The van der Waals surface area contributed by atoms with Gasteiger partial charge < -0.3 is 4.42 Å². The molecule has 2 aliphatic heterocycles. The van der Waals surface area contributed by atoms with E-state index in [0.29, 0.717) is 12.0 Å². The Kier molecular flexibility index (Phi) is 3.43. The van der Waals surface area contributed by atoms with Crippen LogP contribution in [0, 0.1) is 13.8 Å². The predicted molar refractivity (Wildman–Crippen MR) is 139 cm³/mol. The third kappa shape index (κ3) is 2.06. The Morgan fingerprint density at radius 1 is 0.889 bits per heavy atom. The molecule has 0 amide bonds. The zero-order chi connectivity index (χ0) is 23.8. The highest BCUT2D eigenvalue weighted by molar-refractivity contribution is 5.97. The van der Waals surface area contributed by atoms with Gasteiger partial charge >= 0.3 is 0 Å². The Bertz CT molecular complexity index is 1740. The summed E-state index contributed by atoms with van der Waals surface area (Å²) < 4.78 is 11.9. The number of furan rings is 1. The number of fused-ring (bicyclic) bond motifs is 17. The van der Waals surface area contributed by atoms with Gasteiger partial charge in [0.05, 0.1) is 11.1 Å². The predicted octanol–water partition coefficient (Wildman–Crippen LogP) is 6.25. The van der Waals surface area contributed by atoms with Crippen LogP contribution in [0.1, 0.15) is 58.4 Å². The second-order valence-corrected chi connectivity index (χ2v) is 11.3. The SMILES string of the molecule is Cc1cc2[n+](cc1C)C1(c3ccc4c5c(oc4c3-2)CCCC5)C2c3ccccc3-c3cccc[n+]3C21. The smallest absolute Gasteiger partial charge is 0.269 e. The topological polar surface area (TPSA) is 20.9 Å². The average molecular weight is 469 g/mol. The van der Waals surface area contributed by atoms with E-state index in [1.807, 2.05) is 0 Å². The van der Waals surface area contributed by atoms with Crippen molar-refractivity contribution >= 4 is 11.0 Å². The number of aromatic nitrogens is 2. The lowest BCUT2D eigenvalue weighted by Gasteiger charge is -2.11. The van der Waals surface area contributed by atoms with E-state index >= 15 is 0 Å². The van der Waals surface area contributed by atoms with Crippen LogP contribution >= 0.6 is 0 Å². The van der Waals surface area contributed by atoms with E-state index in [0.717, 1.165) is 18.4 Å². The fourth-order valence-electron chi connectivity index (χ4n) is 7.98. The molecule has 3 atom stereocenters. The van der Waals surface area contributed by atoms with Gasteiger partial charge in [-0.3, -0.25) is 0 Å². The first-order valence-corrected chi connectivity index (χ1v) is 13.4. The van der Waals surface area contributed by atoms with E-state index < -0.39 is 0 Å². The van der Waals surface area contributed by atoms with Crippen LogP contribution < -0.4 is 9.13 Å². The van der Waals surface area contributed by atoms with Gasteiger partial charge in [0.25, 0.3) is 5.54 Å². The number of nitrogens with zero attached hydrogens (tertiary/aromatic N) is 2.